The normalized spacial score (nSPS) is 11.0. The van der Waals surface area contributed by atoms with E-state index < -0.39 is 0 Å². The van der Waals surface area contributed by atoms with Crippen LogP contribution in [-0.2, 0) is 13.6 Å². The third kappa shape index (κ3) is 6.79. The van der Waals surface area contributed by atoms with E-state index in [-0.39, 0.29) is 24.0 Å². The van der Waals surface area contributed by atoms with E-state index in [1.807, 2.05) is 42.9 Å². The van der Waals surface area contributed by atoms with Crippen molar-refractivity contribution in [2.45, 2.75) is 27.3 Å². The standard InChI is InChI=1S/C18H26BrN5O.HI/c1-5-20-18(22-12-17-13(2)23-24(4)14(17)3)21-10-11-25-16-8-6-15(19)7-9-16;/h6-9H,5,10-12H2,1-4H3,(H2,20,21,22);1H. The molecule has 8 heteroatoms. The molecule has 0 fully saturated rings. The molecule has 0 aliphatic heterocycles. The Bertz CT molecular complexity index is 715. The van der Waals surface area contributed by atoms with Gasteiger partial charge in [0.2, 0.25) is 0 Å². The van der Waals surface area contributed by atoms with Gasteiger partial charge in [-0.1, -0.05) is 15.9 Å². The molecule has 26 heavy (non-hydrogen) atoms. The number of aliphatic imine (C=N–C) groups is 1. The summed E-state index contributed by atoms with van der Waals surface area (Å²) < 4.78 is 8.65. The molecule has 1 aromatic carbocycles. The monoisotopic (exact) mass is 535 g/mol. The Morgan fingerprint density at radius 1 is 1.23 bits per heavy atom. The summed E-state index contributed by atoms with van der Waals surface area (Å²) in [5.74, 6) is 1.64. The van der Waals surface area contributed by atoms with Crippen molar-refractivity contribution in [3.8, 4) is 5.75 Å². The van der Waals surface area contributed by atoms with E-state index in [2.05, 4.69) is 50.5 Å². The van der Waals surface area contributed by atoms with Crippen LogP contribution in [0.1, 0.15) is 23.9 Å². The summed E-state index contributed by atoms with van der Waals surface area (Å²) in [6.45, 7) is 8.79. The number of aryl methyl sites for hydroxylation is 2. The Morgan fingerprint density at radius 2 is 1.92 bits per heavy atom. The Balaban J connectivity index is 0.00000338. The number of rotatable bonds is 7. The average molecular weight is 536 g/mol. The lowest BCUT2D eigenvalue weighted by atomic mass is 10.2. The Morgan fingerprint density at radius 3 is 2.50 bits per heavy atom. The smallest absolute Gasteiger partial charge is 0.191 e. The zero-order chi connectivity index (χ0) is 18.2. The summed E-state index contributed by atoms with van der Waals surface area (Å²) in [6.07, 6.45) is 0. The van der Waals surface area contributed by atoms with Gasteiger partial charge in [-0.15, -0.1) is 24.0 Å². The highest BCUT2D eigenvalue weighted by molar-refractivity contribution is 14.0. The van der Waals surface area contributed by atoms with Crippen LogP contribution in [0.3, 0.4) is 0 Å². The van der Waals surface area contributed by atoms with Gasteiger partial charge in [-0.05, 0) is 45.0 Å². The molecule has 0 atom stereocenters. The molecule has 1 heterocycles. The average Bonchev–Trinajstić information content (AvgIpc) is 2.83. The van der Waals surface area contributed by atoms with E-state index in [4.69, 9.17) is 4.74 Å². The lowest BCUT2D eigenvalue weighted by molar-refractivity contribution is 0.322. The van der Waals surface area contributed by atoms with Crippen LogP contribution < -0.4 is 15.4 Å². The number of nitrogens with one attached hydrogen (secondary N) is 2. The number of ether oxygens (including phenoxy) is 1. The van der Waals surface area contributed by atoms with Crippen molar-refractivity contribution in [1.82, 2.24) is 20.4 Å². The number of hydrogen-bond acceptors (Lipinski definition) is 3. The Hall–Kier alpha value is -1.29. The predicted molar refractivity (Wildman–Crippen MR) is 121 cm³/mol. The van der Waals surface area contributed by atoms with Gasteiger partial charge in [-0.25, -0.2) is 4.99 Å². The molecule has 0 aliphatic rings. The van der Waals surface area contributed by atoms with E-state index in [0.29, 0.717) is 19.7 Å². The van der Waals surface area contributed by atoms with Crippen LogP contribution in [-0.4, -0.2) is 35.4 Å². The molecule has 0 spiro atoms. The van der Waals surface area contributed by atoms with E-state index in [9.17, 15) is 0 Å². The highest BCUT2D eigenvalue weighted by atomic mass is 127. The molecule has 0 saturated carbocycles. The number of benzene rings is 1. The molecular weight excluding hydrogens is 509 g/mol. The van der Waals surface area contributed by atoms with Gasteiger partial charge in [-0.2, -0.15) is 5.10 Å². The maximum absolute atomic E-state index is 5.71. The fraction of sp³-hybridized carbons (Fsp3) is 0.444. The number of hydrogen-bond donors (Lipinski definition) is 2. The molecule has 0 amide bonds. The first-order chi connectivity index (χ1) is 12.0. The molecule has 144 valence electrons. The second kappa shape index (κ2) is 11.4. The third-order valence-electron chi connectivity index (χ3n) is 3.88. The first kappa shape index (κ1) is 22.8. The van der Waals surface area contributed by atoms with Crippen LogP contribution >= 0.6 is 39.9 Å². The van der Waals surface area contributed by atoms with Crippen LogP contribution in [0.5, 0.6) is 5.75 Å². The SMILES string of the molecule is CCNC(=NCc1c(C)nn(C)c1C)NCCOc1ccc(Br)cc1.I. The van der Waals surface area contributed by atoms with Gasteiger partial charge in [0.25, 0.3) is 0 Å². The summed E-state index contributed by atoms with van der Waals surface area (Å²) in [4.78, 5) is 4.65. The van der Waals surface area contributed by atoms with E-state index in [1.165, 1.54) is 5.56 Å². The quantitative estimate of drug-likeness (QED) is 0.246. The molecular formula is C18H27BrIN5O. The second-order valence-corrected chi connectivity index (χ2v) is 6.61. The lowest BCUT2D eigenvalue weighted by Crippen LogP contribution is -2.39. The van der Waals surface area contributed by atoms with E-state index in [0.717, 1.165) is 34.1 Å². The fourth-order valence-corrected chi connectivity index (χ4v) is 2.68. The lowest BCUT2D eigenvalue weighted by Gasteiger charge is -2.12. The molecule has 0 radical (unpaired) electrons. The summed E-state index contributed by atoms with van der Waals surface area (Å²) in [5.41, 5.74) is 3.35. The van der Waals surface area contributed by atoms with Crippen molar-refractivity contribution in [1.29, 1.82) is 0 Å². The molecule has 2 N–H and O–H groups in total. The summed E-state index contributed by atoms with van der Waals surface area (Å²) in [5, 5.41) is 11.0. The van der Waals surface area contributed by atoms with Crippen LogP contribution in [0, 0.1) is 13.8 Å². The molecule has 0 aliphatic carbocycles. The topological polar surface area (TPSA) is 63.5 Å². The summed E-state index contributed by atoms with van der Waals surface area (Å²) in [7, 11) is 1.96. The van der Waals surface area contributed by atoms with Crippen LogP contribution in [0.15, 0.2) is 33.7 Å². The number of guanidine groups is 1. The fourth-order valence-electron chi connectivity index (χ4n) is 2.42. The Labute approximate surface area is 181 Å². The van der Waals surface area contributed by atoms with E-state index >= 15 is 0 Å². The number of aromatic nitrogens is 2. The first-order valence-corrected chi connectivity index (χ1v) is 9.20. The minimum atomic E-state index is 0. The zero-order valence-electron chi connectivity index (χ0n) is 15.7. The van der Waals surface area contributed by atoms with Gasteiger partial charge in [0.15, 0.2) is 5.96 Å². The number of nitrogens with zero attached hydrogens (tertiary/aromatic N) is 3. The van der Waals surface area contributed by atoms with Crippen molar-refractivity contribution in [3.63, 3.8) is 0 Å². The minimum absolute atomic E-state index is 0. The van der Waals surface area contributed by atoms with Gasteiger partial charge in [0, 0.05) is 29.3 Å². The molecule has 2 aromatic rings. The van der Waals surface area contributed by atoms with Crippen molar-refractivity contribution in [2.24, 2.45) is 12.0 Å². The minimum Gasteiger partial charge on any atom is -0.492 e. The molecule has 0 bridgehead atoms. The van der Waals surface area contributed by atoms with Crippen molar-refractivity contribution < 1.29 is 4.74 Å². The molecule has 6 nitrogen and oxygen atoms in total. The first-order valence-electron chi connectivity index (χ1n) is 8.41. The predicted octanol–water partition coefficient (Wildman–Crippen LogP) is 3.55. The largest absolute Gasteiger partial charge is 0.492 e. The van der Waals surface area contributed by atoms with Crippen molar-refractivity contribution in [2.75, 3.05) is 19.7 Å². The van der Waals surface area contributed by atoms with Gasteiger partial charge >= 0.3 is 0 Å². The molecule has 0 unspecified atom stereocenters. The van der Waals surface area contributed by atoms with Gasteiger partial charge < -0.3 is 15.4 Å². The van der Waals surface area contributed by atoms with Crippen molar-refractivity contribution >= 4 is 45.9 Å². The van der Waals surface area contributed by atoms with Gasteiger partial charge in [-0.3, -0.25) is 4.68 Å². The maximum atomic E-state index is 5.71. The summed E-state index contributed by atoms with van der Waals surface area (Å²) in [6, 6.07) is 7.81. The highest BCUT2D eigenvalue weighted by Crippen LogP contribution is 2.15. The molecule has 2 rings (SSSR count). The highest BCUT2D eigenvalue weighted by Gasteiger charge is 2.08. The zero-order valence-corrected chi connectivity index (χ0v) is 19.6. The molecule has 1 aromatic heterocycles. The Kier molecular flexibility index (Phi) is 10.0. The maximum Gasteiger partial charge on any atom is 0.191 e. The van der Waals surface area contributed by atoms with Gasteiger partial charge in [0.1, 0.15) is 12.4 Å². The summed E-state index contributed by atoms with van der Waals surface area (Å²) >= 11 is 3.41. The van der Waals surface area contributed by atoms with Crippen LogP contribution in [0.4, 0.5) is 0 Å². The van der Waals surface area contributed by atoms with Gasteiger partial charge in [0.05, 0.1) is 18.8 Å². The second-order valence-electron chi connectivity index (χ2n) is 5.70. The molecule has 0 saturated heterocycles. The van der Waals surface area contributed by atoms with Crippen LogP contribution in [0.25, 0.3) is 0 Å². The number of halogens is 2. The van der Waals surface area contributed by atoms with Crippen molar-refractivity contribution in [3.05, 3.63) is 45.7 Å². The third-order valence-corrected chi connectivity index (χ3v) is 4.40. The van der Waals surface area contributed by atoms with Crippen LogP contribution in [0.2, 0.25) is 0 Å². The van der Waals surface area contributed by atoms with E-state index in [1.54, 1.807) is 0 Å².